The number of hydrogen-bond acceptors (Lipinski definition) is 12. The number of ketones is 1. The van der Waals surface area contributed by atoms with Crippen molar-refractivity contribution in [2.24, 2.45) is 47.3 Å². The molecule has 486 valence electrons. The Kier molecular flexibility index (Phi) is 31.8. The summed E-state index contributed by atoms with van der Waals surface area (Å²) in [4.78, 5) is 169. The van der Waals surface area contributed by atoms with E-state index in [2.05, 4.69) is 16.0 Å². The van der Waals surface area contributed by atoms with Crippen LogP contribution in [0.1, 0.15) is 163 Å². The van der Waals surface area contributed by atoms with Crippen molar-refractivity contribution in [3.63, 3.8) is 0 Å². The van der Waals surface area contributed by atoms with Crippen LogP contribution >= 0.6 is 0 Å². The van der Waals surface area contributed by atoms with Gasteiger partial charge in [-0.3, -0.25) is 52.7 Å². The predicted octanol–water partition coefficient (Wildman–Crippen LogP) is 4.36. The number of aliphatic hydroxyl groups excluding tert-OH is 1. The molecule has 0 bridgehead atoms. The third-order valence-corrected chi connectivity index (χ3v) is 16.5. The smallest absolute Gasteiger partial charge is 0.246 e. The second-order valence-corrected chi connectivity index (χ2v) is 26.4. The maximum absolute atomic E-state index is 15.1. The fourth-order valence-corrected chi connectivity index (χ4v) is 11.0. The van der Waals surface area contributed by atoms with E-state index in [0.717, 1.165) is 9.80 Å². The fourth-order valence-electron chi connectivity index (χ4n) is 11.0. The fraction of sp³-hybridized carbons (Fsp3) is 0.794. The van der Waals surface area contributed by atoms with Crippen molar-refractivity contribution < 1.29 is 57.8 Å². The first-order valence-electron chi connectivity index (χ1n) is 30.8. The summed E-state index contributed by atoms with van der Waals surface area (Å²) in [6.07, 6.45) is 2.88. The van der Waals surface area contributed by atoms with Gasteiger partial charge in [0.05, 0.1) is 18.7 Å². The second kappa shape index (κ2) is 35.0. The molecule has 4 N–H and O–H groups in total. The van der Waals surface area contributed by atoms with Crippen LogP contribution in [0.4, 0.5) is 0 Å². The average molecular weight is 1200 g/mol. The highest BCUT2D eigenvalue weighted by atomic mass is 16.3. The Morgan fingerprint density at radius 1 is 0.482 bits per heavy atom. The van der Waals surface area contributed by atoms with Crippen LogP contribution in [-0.2, 0) is 52.7 Å². The number of carbonyl (C=O) groups is 11. The summed E-state index contributed by atoms with van der Waals surface area (Å²) in [7, 11) is 10.0. The summed E-state index contributed by atoms with van der Waals surface area (Å²) in [5.41, 5.74) is 0. The van der Waals surface area contributed by atoms with Crippen LogP contribution in [0.5, 0.6) is 0 Å². The van der Waals surface area contributed by atoms with E-state index in [-0.39, 0.29) is 62.2 Å². The predicted molar refractivity (Wildman–Crippen MR) is 330 cm³/mol. The molecule has 1 fully saturated rings. The number of amides is 10. The van der Waals surface area contributed by atoms with Gasteiger partial charge >= 0.3 is 0 Å². The number of nitrogens with one attached hydrogen (secondary N) is 3. The maximum atomic E-state index is 15.1. The maximum Gasteiger partial charge on any atom is 0.246 e. The largest absolute Gasteiger partial charge is 0.390 e. The highest BCUT2D eigenvalue weighted by Crippen LogP contribution is 2.27. The number of aliphatic hydroxyl groups is 1. The Hall–Kier alpha value is -5.93. The normalized spacial score (nSPS) is 27.0. The molecule has 1 heterocycles. The summed E-state index contributed by atoms with van der Waals surface area (Å²) < 4.78 is 0. The van der Waals surface area contributed by atoms with Gasteiger partial charge in [-0.1, -0.05) is 109 Å². The van der Waals surface area contributed by atoms with E-state index >= 15 is 9.59 Å². The van der Waals surface area contributed by atoms with Gasteiger partial charge in [-0.15, -0.1) is 0 Å². The van der Waals surface area contributed by atoms with E-state index in [1.54, 1.807) is 54.5 Å². The Morgan fingerprint density at radius 2 is 0.918 bits per heavy atom. The molecule has 1 aliphatic heterocycles. The molecule has 0 aliphatic carbocycles. The van der Waals surface area contributed by atoms with Crippen molar-refractivity contribution in [3.8, 4) is 0 Å². The van der Waals surface area contributed by atoms with Crippen LogP contribution in [0.2, 0.25) is 0 Å². The third-order valence-electron chi connectivity index (χ3n) is 16.5. The first-order chi connectivity index (χ1) is 39.2. The summed E-state index contributed by atoms with van der Waals surface area (Å²) in [6, 6.07) is -10.9. The van der Waals surface area contributed by atoms with Gasteiger partial charge in [0.2, 0.25) is 59.1 Å². The lowest BCUT2D eigenvalue weighted by Gasteiger charge is -2.41. The van der Waals surface area contributed by atoms with Gasteiger partial charge in [0.25, 0.3) is 0 Å². The van der Waals surface area contributed by atoms with Gasteiger partial charge in [0.1, 0.15) is 48.3 Å². The van der Waals surface area contributed by atoms with Crippen LogP contribution < -0.4 is 16.0 Å². The lowest BCUT2D eigenvalue weighted by atomic mass is 9.85. The SMILES string of the molecule is C/C=C/CC(C)[C@H](O)C1C(=O)N[C@@H](CC)C(=O)N(C)CC(=O)N(C)[C@@H](CC(C)C)C(=O)C[C@@H](C(C)C)C(=O)N(C)[C@@H](CC(C)C)C(=O)N[C@@H](C)C(=O)N[C@H](C)C(=O)N(C)[C@@H](CC(C)C)C(=O)N(C)[C@@H](CC(C)C)C(=O)N(C)[C@@H](C(C)C)C(=O)N1C. The summed E-state index contributed by atoms with van der Waals surface area (Å²) in [6.45, 7) is 29.6. The van der Waals surface area contributed by atoms with Gasteiger partial charge in [-0.2, -0.15) is 0 Å². The van der Waals surface area contributed by atoms with Gasteiger partial charge < -0.3 is 55.4 Å². The first kappa shape index (κ1) is 77.1. The summed E-state index contributed by atoms with van der Waals surface area (Å²) in [5, 5.41) is 20.3. The average Bonchev–Trinajstić information content (AvgIpc) is 3.62. The molecule has 0 aromatic rings. The topological polar surface area (TPSA) is 267 Å². The molecule has 0 radical (unpaired) electrons. The van der Waals surface area contributed by atoms with Crippen molar-refractivity contribution in [2.75, 3.05) is 55.9 Å². The van der Waals surface area contributed by atoms with Crippen LogP contribution in [0.25, 0.3) is 0 Å². The van der Waals surface area contributed by atoms with Crippen molar-refractivity contribution in [2.45, 2.75) is 223 Å². The van der Waals surface area contributed by atoms with Crippen LogP contribution in [0, 0.1) is 47.3 Å². The molecular formula is C63H112N10O12. The Labute approximate surface area is 509 Å². The number of nitrogens with zero attached hydrogens (tertiary/aromatic N) is 7. The summed E-state index contributed by atoms with van der Waals surface area (Å²) in [5.74, 6) is -9.97. The standard InChI is InChI=1S/C63H112N10O12/c1-25-27-28-41(15)54(76)53-57(79)66-45(26-2)60(82)67(18)34-51(75)68(19)46(29-35(3)4)50(74)33-44(39(11)12)59(81)69(20)47(30-36(5)6)56(78)64-42(16)55(77)65-43(17)58(80)70(21)48(31-37(7)8)61(83)71(22)49(32-38(9)10)62(84)72(23)52(40(13)14)63(85)73(53)24/h25,27,35-49,52-54,76H,26,28-34H2,1-24H3,(H,64,78)(H,65,77)(H,66,79)/b27-25+/t41?,42-,43+,44-,45-,46-,47-,48-,49-,52-,53?,54-/m0/s1. The van der Waals surface area contributed by atoms with Crippen molar-refractivity contribution in [1.29, 1.82) is 0 Å². The number of allylic oxidation sites excluding steroid dienone is 2. The molecule has 85 heavy (non-hydrogen) atoms. The van der Waals surface area contributed by atoms with Crippen LogP contribution in [0.3, 0.4) is 0 Å². The van der Waals surface area contributed by atoms with E-state index in [4.69, 9.17) is 0 Å². The number of Topliss-reactive ketones (excluding diaryl/α,β-unsaturated/α-hetero) is 1. The zero-order valence-corrected chi connectivity index (χ0v) is 56.3. The Morgan fingerprint density at radius 3 is 1.38 bits per heavy atom. The van der Waals surface area contributed by atoms with E-state index < -0.39 is 156 Å². The second-order valence-electron chi connectivity index (χ2n) is 26.4. The lowest BCUT2D eigenvalue weighted by molar-refractivity contribution is -0.157. The number of carbonyl (C=O) groups excluding carboxylic acids is 11. The molecule has 12 atom stereocenters. The number of rotatable bonds is 15. The molecular weight excluding hydrogens is 1090 g/mol. The molecule has 0 saturated carbocycles. The quantitative estimate of drug-likeness (QED) is 0.167. The molecule has 0 spiro atoms. The van der Waals surface area contributed by atoms with Crippen LogP contribution in [-0.4, -0.2) is 221 Å². The van der Waals surface area contributed by atoms with E-state index in [9.17, 15) is 48.3 Å². The van der Waals surface area contributed by atoms with Gasteiger partial charge in [0, 0.05) is 61.7 Å². The molecule has 0 aromatic carbocycles. The van der Waals surface area contributed by atoms with Crippen molar-refractivity contribution in [3.05, 3.63) is 12.2 Å². The Bertz CT molecular complexity index is 2320. The molecule has 2 unspecified atom stereocenters. The van der Waals surface area contributed by atoms with Gasteiger partial charge in [0.15, 0.2) is 5.78 Å². The molecule has 0 aromatic heterocycles. The van der Waals surface area contributed by atoms with Crippen LogP contribution in [0.15, 0.2) is 12.2 Å². The number of hydrogen-bond donors (Lipinski definition) is 4. The Balaban J connectivity index is 4.32. The summed E-state index contributed by atoms with van der Waals surface area (Å²) >= 11 is 0. The number of likely N-dealkylation sites (N-methyl/N-ethyl adjacent to an activating group) is 7. The highest BCUT2D eigenvalue weighted by Gasteiger charge is 2.45. The highest BCUT2D eigenvalue weighted by molar-refractivity contribution is 5.99. The third kappa shape index (κ3) is 21.8. The molecule has 1 rings (SSSR count). The first-order valence-corrected chi connectivity index (χ1v) is 30.8. The monoisotopic (exact) mass is 1200 g/mol. The molecule has 22 heteroatoms. The zero-order chi connectivity index (χ0) is 66.0. The molecule has 10 amide bonds. The minimum Gasteiger partial charge on any atom is -0.390 e. The lowest BCUT2D eigenvalue weighted by Crippen LogP contribution is -2.63. The molecule has 1 saturated heterocycles. The van der Waals surface area contributed by atoms with Crippen molar-refractivity contribution >= 4 is 64.9 Å². The van der Waals surface area contributed by atoms with Gasteiger partial charge in [-0.05, 0) is 101 Å². The van der Waals surface area contributed by atoms with E-state index in [0.29, 0.717) is 6.42 Å². The van der Waals surface area contributed by atoms with Crippen molar-refractivity contribution in [1.82, 2.24) is 50.2 Å². The minimum atomic E-state index is -1.60. The van der Waals surface area contributed by atoms with E-state index in [1.165, 1.54) is 87.7 Å². The van der Waals surface area contributed by atoms with E-state index in [1.807, 2.05) is 61.5 Å². The minimum absolute atomic E-state index is 0.0329. The molecule has 1 aliphatic rings. The zero-order valence-electron chi connectivity index (χ0n) is 56.3. The molecule has 22 nitrogen and oxygen atoms in total. The van der Waals surface area contributed by atoms with Gasteiger partial charge in [-0.25, -0.2) is 0 Å².